The molecule has 0 atom stereocenters. The van der Waals surface area contributed by atoms with Crippen LogP contribution in [-0.4, -0.2) is 10.2 Å². The lowest BCUT2D eigenvalue weighted by molar-refractivity contribution is 0.282. The summed E-state index contributed by atoms with van der Waals surface area (Å²) in [4.78, 5) is 12.4. The Labute approximate surface area is 159 Å². The number of rotatable bonds is 7. The number of aliphatic hydroxyl groups is 1. The number of benzene rings is 2. The summed E-state index contributed by atoms with van der Waals surface area (Å²) in [5.74, 6) is 0.105. The number of unbranched alkanes of at least 4 members (excludes halogenated alkanes) is 3. The van der Waals surface area contributed by atoms with E-state index in [2.05, 4.69) is 20.8 Å². The minimum absolute atomic E-state index is 0.105. The van der Waals surface area contributed by atoms with Crippen LogP contribution in [0.2, 0.25) is 0 Å². The predicted molar refractivity (Wildman–Crippen MR) is 109 cm³/mol. The lowest BCUT2D eigenvalue weighted by atomic mass is 9.79. The Morgan fingerprint density at radius 1 is 1.04 bits per heavy atom. The first-order chi connectivity index (χ1) is 12.9. The van der Waals surface area contributed by atoms with E-state index >= 15 is 0 Å². The number of hydrogen-bond donors (Lipinski definition) is 2. The summed E-state index contributed by atoms with van der Waals surface area (Å²) in [5.41, 5.74) is 1.48. The monoisotopic (exact) mass is 368 g/mol. The van der Waals surface area contributed by atoms with Crippen LogP contribution in [0.5, 0.6) is 5.75 Å². The topological polar surface area (TPSA) is 70.7 Å². The highest BCUT2D eigenvalue weighted by Crippen LogP contribution is 2.38. The van der Waals surface area contributed by atoms with Crippen LogP contribution in [0.25, 0.3) is 21.7 Å². The third-order valence-corrected chi connectivity index (χ3v) is 5.48. The molecule has 3 aromatic rings. The minimum atomic E-state index is -0.431. The van der Waals surface area contributed by atoms with Crippen LogP contribution in [0.1, 0.15) is 64.0 Å². The van der Waals surface area contributed by atoms with Gasteiger partial charge in [-0.1, -0.05) is 52.5 Å². The molecule has 0 aliphatic rings. The van der Waals surface area contributed by atoms with Gasteiger partial charge in [-0.3, -0.25) is 0 Å². The third-order valence-electron chi connectivity index (χ3n) is 5.48. The number of phenolic OH excluding ortho intramolecular Hbond substituents is 1. The number of aromatic hydroxyl groups is 1. The van der Waals surface area contributed by atoms with Gasteiger partial charge in [-0.05, 0) is 47.2 Å². The van der Waals surface area contributed by atoms with Crippen molar-refractivity contribution in [2.75, 3.05) is 0 Å². The van der Waals surface area contributed by atoms with Crippen LogP contribution < -0.4 is 5.63 Å². The van der Waals surface area contributed by atoms with E-state index in [4.69, 9.17) is 4.42 Å². The van der Waals surface area contributed by atoms with Gasteiger partial charge < -0.3 is 14.6 Å². The molecule has 0 saturated heterocycles. The Balaban J connectivity index is 2.11. The first kappa shape index (κ1) is 19.4. The van der Waals surface area contributed by atoms with Crippen molar-refractivity contribution >= 4 is 21.7 Å². The molecule has 2 aromatic carbocycles. The maximum absolute atomic E-state index is 12.4. The Morgan fingerprint density at radius 3 is 2.52 bits per heavy atom. The smallest absolute Gasteiger partial charge is 0.344 e. The summed E-state index contributed by atoms with van der Waals surface area (Å²) >= 11 is 0. The molecule has 1 aromatic heterocycles. The van der Waals surface area contributed by atoms with E-state index in [1.54, 1.807) is 24.3 Å². The standard InChI is InChI=1S/C23H28O4/c1-4-5-6-7-10-23(2,3)16-12-19(25)21-18-11-15(14-24)8-9-17(18)22(26)27-20(21)13-16/h8-9,11-13,24-25H,4-7,10,14H2,1-3H3. The molecule has 4 nitrogen and oxygen atoms in total. The van der Waals surface area contributed by atoms with Crippen molar-refractivity contribution in [1.29, 1.82) is 0 Å². The third kappa shape index (κ3) is 3.86. The van der Waals surface area contributed by atoms with Crippen LogP contribution in [0, 0.1) is 0 Å². The first-order valence-electron chi connectivity index (χ1n) is 9.71. The van der Waals surface area contributed by atoms with Crippen LogP contribution in [0.15, 0.2) is 39.5 Å². The van der Waals surface area contributed by atoms with Gasteiger partial charge in [0.1, 0.15) is 11.3 Å². The Kier molecular flexibility index (Phi) is 5.56. The van der Waals surface area contributed by atoms with Crippen molar-refractivity contribution in [3.63, 3.8) is 0 Å². The van der Waals surface area contributed by atoms with Gasteiger partial charge in [-0.25, -0.2) is 4.79 Å². The number of phenols is 1. The van der Waals surface area contributed by atoms with E-state index < -0.39 is 5.63 Å². The molecule has 0 saturated carbocycles. The first-order valence-corrected chi connectivity index (χ1v) is 9.71. The summed E-state index contributed by atoms with van der Waals surface area (Å²) in [5, 5.41) is 21.7. The largest absolute Gasteiger partial charge is 0.507 e. The van der Waals surface area contributed by atoms with E-state index in [1.165, 1.54) is 19.3 Å². The maximum atomic E-state index is 12.4. The molecular weight excluding hydrogens is 340 g/mol. The van der Waals surface area contributed by atoms with Crippen molar-refractivity contribution < 1.29 is 14.6 Å². The molecule has 0 aliphatic carbocycles. The van der Waals surface area contributed by atoms with Crippen LogP contribution in [0.3, 0.4) is 0 Å². The summed E-state index contributed by atoms with van der Waals surface area (Å²) in [6, 6.07) is 8.73. The van der Waals surface area contributed by atoms with E-state index in [1.807, 2.05) is 6.07 Å². The van der Waals surface area contributed by atoms with Crippen molar-refractivity contribution in [3.05, 3.63) is 51.9 Å². The van der Waals surface area contributed by atoms with Crippen molar-refractivity contribution in [2.24, 2.45) is 0 Å². The highest BCUT2D eigenvalue weighted by atomic mass is 16.4. The zero-order valence-corrected chi connectivity index (χ0v) is 16.3. The fourth-order valence-electron chi connectivity index (χ4n) is 3.71. The predicted octanol–water partition coefficient (Wildman–Crippen LogP) is 5.39. The van der Waals surface area contributed by atoms with Gasteiger partial charge in [0.05, 0.1) is 17.4 Å². The molecular formula is C23H28O4. The fraction of sp³-hybridized carbons (Fsp3) is 0.435. The van der Waals surface area contributed by atoms with Crippen molar-refractivity contribution in [2.45, 2.75) is 64.9 Å². The normalized spacial score (nSPS) is 12.1. The lowest BCUT2D eigenvalue weighted by Crippen LogP contribution is -2.17. The Bertz CT molecular complexity index is 1010. The summed E-state index contributed by atoms with van der Waals surface area (Å²) in [7, 11) is 0. The second kappa shape index (κ2) is 7.73. The molecule has 2 N–H and O–H groups in total. The number of fused-ring (bicyclic) bond motifs is 3. The van der Waals surface area contributed by atoms with Gasteiger partial charge in [-0.2, -0.15) is 0 Å². The SMILES string of the molecule is CCCCCCC(C)(C)c1cc(O)c2c(c1)oc(=O)c1ccc(CO)cc12. The van der Waals surface area contributed by atoms with Gasteiger partial charge in [-0.15, -0.1) is 0 Å². The van der Waals surface area contributed by atoms with Crippen molar-refractivity contribution in [1.82, 2.24) is 0 Å². The molecule has 27 heavy (non-hydrogen) atoms. The zero-order chi connectivity index (χ0) is 19.6. The van der Waals surface area contributed by atoms with Crippen LogP contribution in [-0.2, 0) is 12.0 Å². The second-order valence-electron chi connectivity index (χ2n) is 7.99. The molecule has 0 amide bonds. The van der Waals surface area contributed by atoms with Gasteiger partial charge in [0, 0.05) is 5.39 Å². The minimum Gasteiger partial charge on any atom is -0.507 e. The molecule has 0 unspecified atom stereocenters. The number of hydrogen-bond acceptors (Lipinski definition) is 4. The van der Waals surface area contributed by atoms with E-state index in [-0.39, 0.29) is 17.8 Å². The maximum Gasteiger partial charge on any atom is 0.344 e. The van der Waals surface area contributed by atoms with Crippen LogP contribution in [0.4, 0.5) is 0 Å². The average molecular weight is 368 g/mol. The van der Waals surface area contributed by atoms with Crippen molar-refractivity contribution in [3.8, 4) is 5.75 Å². The summed E-state index contributed by atoms with van der Waals surface area (Å²) < 4.78 is 5.53. The van der Waals surface area contributed by atoms with Gasteiger partial charge in [0.15, 0.2) is 0 Å². The van der Waals surface area contributed by atoms with E-state index in [0.29, 0.717) is 27.3 Å². The summed E-state index contributed by atoms with van der Waals surface area (Å²) in [6.07, 6.45) is 5.76. The molecule has 144 valence electrons. The molecule has 4 heteroatoms. The van der Waals surface area contributed by atoms with E-state index in [0.717, 1.165) is 18.4 Å². The molecule has 0 fully saturated rings. The van der Waals surface area contributed by atoms with Gasteiger partial charge >= 0.3 is 5.63 Å². The fourth-order valence-corrected chi connectivity index (χ4v) is 3.71. The molecule has 0 radical (unpaired) electrons. The highest BCUT2D eigenvalue weighted by Gasteiger charge is 2.23. The molecule has 1 heterocycles. The highest BCUT2D eigenvalue weighted by molar-refractivity contribution is 6.07. The van der Waals surface area contributed by atoms with Gasteiger partial charge in [0.2, 0.25) is 0 Å². The quantitative estimate of drug-likeness (QED) is 0.333. The summed E-state index contributed by atoms with van der Waals surface area (Å²) in [6.45, 7) is 6.38. The Morgan fingerprint density at radius 2 is 1.81 bits per heavy atom. The number of aliphatic hydroxyl groups excluding tert-OH is 1. The van der Waals surface area contributed by atoms with E-state index in [9.17, 15) is 15.0 Å². The Hall–Kier alpha value is -2.33. The molecule has 3 rings (SSSR count). The molecule has 0 aliphatic heterocycles. The molecule has 0 bridgehead atoms. The lowest BCUT2D eigenvalue weighted by Gasteiger charge is -2.26. The molecule has 0 spiro atoms. The zero-order valence-electron chi connectivity index (χ0n) is 16.3. The average Bonchev–Trinajstić information content (AvgIpc) is 2.64. The van der Waals surface area contributed by atoms with Crippen LogP contribution >= 0.6 is 0 Å². The van der Waals surface area contributed by atoms with Gasteiger partial charge in [0.25, 0.3) is 0 Å². The second-order valence-corrected chi connectivity index (χ2v) is 7.99.